The van der Waals surface area contributed by atoms with Gasteiger partial charge in [-0.1, -0.05) is 31.2 Å². The van der Waals surface area contributed by atoms with Gasteiger partial charge in [0.1, 0.15) is 0 Å². The summed E-state index contributed by atoms with van der Waals surface area (Å²) in [7, 11) is 0. The van der Waals surface area contributed by atoms with Gasteiger partial charge in [-0.2, -0.15) is 0 Å². The second kappa shape index (κ2) is 12.4. The average Bonchev–Trinajstić information content (AvgIpc) is 3.11. The zero-order chi connectivity index (χ0) is 19.3. The fourth-order valence-corrected chi connectivity index (χ4v) is 2.41. The summed E-state index contributed by atoms with van der Waals surface area (Å²) in [6.07, 6.45) is 1.74. The number of benzene rings is 1. The van der Waals surface area contributed by atoms with E-state index in [2.05, 4.69) is 29.5 Å². The highest BCUT2D eigenvalue weighted by molar-refractivity contribution is 5.61. The van der Waals surface area contributed by atoms with Crippen molar-refractivity contribution in [3.63, 3.8) is 0 Å². The first-order chi connectivity index (χ1) is 13.2. The molecule has 0 aliphatic carbocycles. The van der Waals surface area contributed by atoms with Gasteiger partial charge >= 0.3 is 0 Å². The van der Waals surface area contributed by atoms with Crippen LogP contribution >= 0.6 is 0 Å². The first kappa shape index (κ1) is 21.3. The predicted octanol–water partition coefficient (Wildman–Crippen LogP) is 1.58. The van der Waals surface area contributed by atoms with E-state index < -0.39 is 0 Å². The Bertz CT molecular complexity index is 631. The van der Waals surface area contributed by atoms with Crippen molar-refractivity contribution in [2.45, 2.75) is 26.4 Å². The molecule has 0 saturated heterocycles. The minimum absolute atomic E-state index is 0.488. The SMILES string of the molecule is CC(C)NCCOCCOCCOCCn1nncc1-c1ccc(N)cc1. The molecule has 150 valence electrons. The van der Waals surface area contributed by atoms with Gasteiger partial charge in [0.2, 0.25) is 0 Å². The first-order valence-electron chi connectivity index (χ1n) is 9.38. The van der Waals surface area contributed by atoms with Gasteiger partial charge in [-0.3, -0.25) is 0 Å². The minimum atomic E-state index is 0.488. The highest BCUT2D eigenvalue weighted by Crippen LogP contribution is 2.19. The summed E-state index contributed by atoms with van der Waals surface area (Å²) in [6.45, 7) is 9.25. The van der Waals surface area contributed by atoms with Crippen LogP contribution in [0.2, 0.25) is 0 Å². The Labute approximate surface area is 161 Å². The molecule has 2 aromatic rings. The van der Waals surface area contributed by atoms with Crippen LogP contribution in [0.4, 0.5) is 5.69 Å². The van der Waals surface area contributed by atoms with Crippen molar-refractivity contribution >= 4 is 5.69 Å². The number of nitrogens with one attached hydrogen (secondary N) is 1. The first-order valence-corrected chi connectivity index (χ1v) is 9.38. The summed E-state index contributed by atoms with van der Waals surface area (Å²) < 4.78 is 18.4. The lowest BCUT2D eigenvalue weighted by molar-refractivity contribution is 0.0132. The van der Waals surface area contributed by atoms with Crippen molar-refractivity contribution in [2.24, 2.45) is 0 Å². The molecule has 0 aliphatic rings. The van der Waals surface area contributed by atoms with Crippen LogP contribution in [-0.4, -0.2) is 67.2 Å². The van der Waals surface area contributed by atoms with Crippen molar-refractivity contribution in [1.82, 2.24) is 20.3 Å². The van der Waals surface area contributed by atoms with Crippen molar-refractivity contribution in [1.29, 1.82) is 0 Å². The van der Waals surface area contributed by atoms with E-state index in [4.69, 9.17) is 19.9 Å². The topological polar surface area (TPSA) is 96.5 Å². The Morgan fingerprint density at radius 3 is 2.26 bits per heavy atom. The lowest BCUT2D eigenvalue weighted by Gasteiger charge is -2.09. The van der Waals surface area contributed by atoms with Gasteiger partial charge in [0, 0.05) is 23.8 Å². The van der Waals surface area contributed by atoms with E-state index >= 15 is 0 Å². The van der Waals surface area contributed by atoms with E-state index in [1.807, 2.05) is 28.9 Å². The molecular weight excluding hydrogens is 346 g/mol. The largest absolute Gasteiger partial charge is 0.399 e. The molecule has 0 fully saturated rings. The fraction of sp³-hybridized carbons (Fsp3) is 0.579. The molecule has 1 aromatic heterocycles. The standard InChI is InChI=1S/C19H31N5O3/c1-16(2)21-7-9-25-11-13-27-14-12-26-10-8-24-19(15-22-23-24)17-3-5-18(20)6-4-17/h3-6,15-16,21H,7-14,20H2,1-2H3. The molecule has 0 amide bonds. The van der Waals surface area contributed by atoms with Gasteiger partial charge in [0.05, 0.1) is 58.1 Å². The molecule has 0 bridgehead atoms. The third kappa shape index (κ3) is 8.49. The summed E-state index contributed by atoms with van der Waals surface area (Å²) in [4.78, 5) is 0. The van der Waals surface area contributed by atoms with Crippen molar-refractivity contribution in [2.75, 3.05) is 51.9 Å². The van der Waals surface area contributed by atoms with Crippen molar-refractivity contribution in [3.8, 4) is 11.3 Å². The number of hydrogen-bond acceptors (Lipinski definition) is 7. The molecule has 0 unspecified atom stereocenters. The highest BCUT2D eigenvalue weighted by Gasteiger charge is 2.06. The summed E-state index contributed by atoms with van der Waals surface area (Å²) in [5, 5.41) is 11.4. The van der Waals surface area contributed by atoms with E-state index in [0.717, 1.165) is 23.5 Å². The lowest BCUT2D eigenvalue weighted by Crippen LogP contribution is -2.27. The average molecular weight is 377 g/mol. The summed E-state index contributed by atoms with van der Waals surface area (Å²) in [5.74, 6) is 0. The van der Waals surface area contributed by atoms with Crippen molar-refractivity contribution < 1.29 is 14.2 Å². The molecule has 0 spiro atoms. The molecule has 1 aromatic carbocycles. The maximum Gasteiger partial charge on any atom is 0.0886 e. The van der Waals surface area contributed by atoms with E-state index in [1.54, 1.807) is 6.20 Å². The zero-order valence-corrected chi connectivity index (χ0v) is 16.3. The molecule has 3 N–H and O–H groups in total. The third-order valence-electron chi connectivity index (χ3n) is 3.81. The van der Waals surface area contributed by atoms with E-state index in [-0.39, 0.29) is 0 Å². The molecule has 8 nitrogen and oxygen atoms in total. The van der Waals surface area contributed by atoms with E-state index in [1.165, 1.54) is 0 Å². The van der Waals surface area contributed by atoms with Crippen LogP contribution < -0.4 is 11.1 Å². The Morgan fingerprint density at radius 1 is 0.963 bits per heavy atom. The van der Waals surface area contributed by atoms with Crippen LogP contribution in [0, 0.1) is 0 Å². The van der Waals surface area contributed by atoms with Crippen LogP contribution in [0.25, 0.3) is 11.3 Å². The summed E-state index contributed by atoms with van der Waals surface area (Å²) in [6, 6.07) is 8.14. The Balaban J connectivity index is 1.51. The van der Waals surface area contributed by atoms with Crippen LogP contribution in [0.1, 0.15) is 13.8 Å². The quantitative estimate of drug-likeness (QED) is 0.381. The summed E-state index contributed by atoms with van der Waals surface area (Å²) >= 11 is 0. The van der Waals surface area contributed by atoms with E-state index in [0.29, 0.717) is 52.2 Å². The van der Waals surface area contributed by atoms with Crippen LogP contribution in [0.15, 0.2) is 30.5 Å². The molecule has 0 saturated carbocycles. The number of nitrogens with zero attached hydrogens (tertiary/aromatic N) is 3. The Kier molecular flexibility index (Phi) is 9.78. The number of rotatable bonds is 14. The molecule has 27 heavy (non-hydrogen) atoms. The number of ether oxygens (including phenoxy) is 3. The van der Waals surface area contributed by atoms with Crippen LogP contribution in [0.3, 0.4) is 0 Å². The lowest BCUT2D eigenvalue weighted by atomic mass is 10.1. The normalized spacial score (nSPS) is 11.4. The summed E-state index contributed by atoms with van der Waals surface area (Å²) in [5.41, 5.74) is 8.43. The minimum Gasteiger partial charge on any atom is -0.399 e. The van der Waals surface area contributed by atoms with Gasteiger partial charge < -0.3 is 25.3 Å². The van der Waals surface area contributed by atoms with Gasteiger partial charge in [0.15, 0.2) is 0 Å². The number of aromatic nitrogens is 3. The number of nitrogen functional groups attached to an aromatic ring is 1. The third-order valence-corrected chi connectivity index (χ3v) is 3.81. The van der Waals surface area contributed by atoms with Crippen molar-refractivity contribution in [3.05, 3.63) is 30.5 Å². The highest BCUT2D eigenvalue weighted by atomic mass is 16.5. The number of hydrogen-bond donors (Lipinski definition) is 2. The Hall–Kier alpha value is -2.00. The van der Waals surface area contributed by atoms with Crippen LogP contribution in [0.5, 0.6) is 0 Å². The molecule has 2 rings (SSSR count). The molecule has 0 radical (unpaired) electrons. The second-order valence-corrected chi connectivity index (χ2v) is 6.41. The van der Waals surface area contributed by atoms with Gasteiger partial charge in [0.25, 0.3) is 0 Å². The maximum absolute atomic E-state index is 5.73. The molecule has 8 heteroatoms. The molecule has 0 atom stereocenters. The fourth-order valence-electron chi connectivity index (χ4n) is 2.41. The van der Waals surface area contributed by atoms with Gasteiger partial charge in [-0.25, -0.2) is 4.68 Å². The van der Waals surface area contributed by atoms with Gasteiger partial charge in [-0.05, 0) is 12.1 Å². The number of anilines is 1. The molecule has 0 aliphatic heterocycles. The molecular formula is C19H31N5O3. The van der Waals surface area contributed by atoms with Crippen LogP contribution in [-0.2, 0) is 20.8 Å². The monoisotopic (exact) mass is 377 g/mol. The zero-order valence-electron chi connectivity index (χ0n) is 16.3. The molecule has 1 heterocycles. The Morgan fingerprint density at radius 2 is 1.59 bits per heavy atom. The van der Waals surface area contributed by atoms with Gasteiger partial charge in [-0.15, -0.1) is 5.10 Å². The predicted molar refractivity (Wildman–Crippen MR) is 105 cm³/mol. The smallest absolute Gasteiger partial charge is 0.0886 e. The maximum atomic E-state index is 5.73. The second-order valence-electron chi connectivity index (χ2n) is 6.41. The number of nitrogens with two attached hydrogens (primary N) is 1. The van der Waals surface area contributed by atoms with E-state index in [9.17, 15) is 0 Å².